The molecule has 0 radical (unpaired) electrons. The van der Waals surface area contributed by atoms with Gasteiger partial charge in [0, 0.05) is 24.4 Å². The molecular formula is C18H20FN7O2. The number of likely N-dealkylation sites (tertiary alicyclic amines) is 1. The lowest BCUT2D eigenvalue weighted by Gasteiger charge is -2.16. The van der Waals surface area contributed by atoms with Crippen molar-refractivity contribution in [2.24, 2.45) is 0 Å². The molecule has 1 aliphatic heterocycles. The van der Waals surface area contributed by atoms with E-state index in [0.717, 1.165) is 11.4 Å². The average molecular weight is 385 g/mol. The Kier molecular flexibility index (Phi) is 4.62. The number of ether oxygens (including phenoxy) is 1. The van der Waals surface area contributed by atoms with Gasteiger partial charge in [-0.15, -0.1) is 5.10 Å². The fourth-order valence-electron chi connectivity index (χ4n) is 3.28. The van der Waals surface area contributed by atoms with E-state index in [9.17, 15) is 9.18 Å². The summed E-state index contributed by atoms with van der Waals surface area (Å²) in [5.74, 6) is -0.446. The number of carbonyl (C=O) groups is 1. The molecule has 9 nitrogen and oxygen atoms in total. The van der Waals surface area contributed by atoms with Crippen LogP contribution >= 0.6 is 0 Å². The molecular weight excluding hydrogens is 365 g/mol. The fourth-order valence-corrected chi connectivity index (χ4v) is 3.28. The standard InChI is InChI=1S/C18H20FN7O2/c1-4-13-14(19)16(21-9-20-13)28-12-5-6-25(8-12)17(27)15-23-18-22-10(2)7-11(3)26(18)24-15/h7,9,12H,4-6,8H2,1-3H3/t12-/m1/s1. The zero-order valence-corrected chi connectivity index (χ0v) is 15.9. The lowest BCUT2D eigenvalue weighted by Crippen LogP contribution is -2.32. The van der Waals surface area contributed by atoms with Crippen molar-refractivity contribution in [3.8, 4) is 5.88 Å². The molecule has 1 amide bonds. The molecule has 0 unspecified atom stereocenters. The van der Waals surface area contributed by atoms with E-state index in [-0.39, 0.29) is 23.7 Å². The Hall–Kier alpha value is -3.17. The van der Waals surface area contributed by atoms with Gasteiger partial charge in [-0.1, -0.05) is 6.92 Å². The number of halogens is 1. The molecule has 0 aliphatic carbocycles. The highest BCUT2D eigenvalue weighted by molar-refractivity contribution is 5.91. The van der Waals surface area contributed by atoms with E-state index in [1.54, 1.807) is 9.42 Å². The molecule has 1 aliphatic rings. The van der Waals surface area contributed by atoms with Gasteiger partial charge in [0.1, 0.15) is 12.4 Å². The normalized spacial score (nSPS) is 16.7. The van der Waals surface area contributed by atoms with Crippen molar-refractivity contribution in [3.63, 3.8) is 0 Å². The summed E-state index contributed by atoms with van der Waals surface area (Å²) in [6.07, 6.45) is 1.96. The van der Waals surface area contributed by atoms with Crippen LogP contribution in [-0.2, 0) is 6.42 Å². The van der Waals surface area contributed by atoms with Crippen molar-refractivity contribution in [3.05, 3.63) is 41.1 Å². The van der Waals surface area contributed by atoms with Crippen LogP contribution < -0.4 is 4.74 Å². The molecule has 10 heteroatoms. The molecule has 0 N–H and O–H groups in total. The van der Waals surface area contributed by atoms with Crippen LogP contribution in [0, 0.1) is 19.7 Å². The second kappa shape index (κ2) is 7.10. The summed E-state index contributed by atoms with van der Waals surface area (Å²) < 4.78 is 21.5. The molecule has 1 saturated heterocycles. The largest absolute Gasteiger partial charge is 0.470 e. The number of carbonyl (C=O) groups excluding carboxylic acids is 1. The highest BCUT2D eigenvalue weighted by Gasteiger charge is 2.31. The van der Waals surface area contributed by atoms with Gasteiger partial charge >= 0.3 is 0 Å². The summed E-state index contributed by atoms with van der Waals surface area (Å²) in [6, 6.07) is 1.87. The van der Waals surface area contributed by atoms with Gasteiger partial charge in [0.15, 0.2) is 0 Å². The van der Waals surface area contributed by atoms with Crippen molar-refractivity contribution < 1.29 is 13.9 Å². The molecule has 1 fully saturated rings. The lowest BCUT2D eigenvalue weighted by molar-refractivity contribution is 0.0758. The fraction of sp³-hybridized carbons (Fsp3) is 0.444. The van der Waals surface area contributed by atoms with Crippen LogP contribution in [-0.4, -0.2) is 59.6 Å². The number of aromatic nitrogens is 6. The molecule has 4 heterocycles. The van der Waals surface area contributed by atoms with Crippen LogP contribution in [0.3, 0.4) is 0 Å². The molecule has 28 heavy (non-hydrogen) atoms. The SMILES string of the molecule is CCc1ncnc(O[C@@H]2CCN(C(=O)c3nc4nc(C)cc(C)n4n3)C2)c1F. The Morgan fingerprint density at radius 1 is 1.32 bits per heavy atom. The summed E-state index contributed by atoms with van der Waals surface area (Å²) in [7, 11) is 0. The van der Waals surface area contributed by atoms with Crippen LogP contribution in [0.5, 0.6) is 5.88 Å². The molecule has 146 valence electrons. The van der Waals surface area contributed by atoms with E-state index < -0.39 is 5.82 Å². The predicted molar refractivity (Wildman–Crippen MR) is 96.6 cm³/mol. The molecule has 0 spiro atoms. The highest BCUT2D eigenvalue weighted by atomic mass is 19.1. The van der Waals surface area contributed by atoms with E-state index in [1.807, 2.05) is 26.8 Å². The molecule has 0 saturated carbocycles. The van der Waals surface area contributed by atoms with E-state index in [1.165, 1.54) is 6.33 Å². The monoisotopic (exact) mass is 385 g/mol. The second-order valence-corrected chi connectivity index (χ2v) is 6.76. The predicted octanol–water partition coefficient (Wildman–Crippen LogP) is 1.53. The molecule has 1 atom stereocenters. The third kappa shape index (κ3) is 3.25. The number of aryl methyl sites for hydroxylation is 3. The number of amides is 1. The zero-order chi connectivity index (χ0) is 19.8. The smallest absolute Gasteiger partial charge is 0.293 e. The molecule has 0 bridgehead atoms. The van der Waals surface area contributed by atoms with E-state index in [2.05, 4.69) is 25.0 Å². The number of fused-ring (bicyclic) bond motifs is 1. The summed E-state index contributed by atoms with van der Waals surface area (Å²) in [4.78, 5) is 30.7. The van der Waals surface area contributed by atoms with Crippen molar-refractivity contribution in [2.75, 3.05) is 13.1 Å². The lowest BCUT2D eigenvalue weighted by atomic mass is 10.3. The Labute approximate surface area is 160 Å². The Balaban J connectivity index is 1.48. The van der Waals surface area contributed by atoms with Gasteiger partial charge in [-0.25, -0.2) is 14.5 Å². The minimum Gasteiger partial charge on any atom is -0.470 e. The van der Waals surface area contributed by atoms with E-state index in [0.29, 0.717) is 37.4 Å². The number of hydrogen-bond acceptors (Lipinski definition) is 7. The van der Waals surface area contributed by atoms with Crippen LogP contribution in [0.25, 0.3) is 5.78 Å². The second-order valence-electron chi connectivity index (χ2n) is 6.76. The quantitative estimate of drug-likeness (QED) is 0.671. The van der Waals surface area contributed by atoms with Gasteiger partial charge in [-0.3, -0.25) is 4.79 Å². The highest BCUT2D eigenvalue weighted by Crippen LogP contribution is 2.21. The minimum absolute atomic E-state index is 0.0766. The molecule has 3 aromatic heterocycles. The zero-order valence-electron chi connectivity index (χ0n) is 15.9. The van der Waals surface area contributed by atoms with Gasteiger partial charge < -0.3 is 9.64 Å². The van der Waals surface area contributed by atoms with Gasteiger partial charge in [-0.2, -0.15) is 14.4 Å². The third-order valence-electron chi connectivity index (χ3n) is 4.68. The van der Waals surface area contributed by atoms with Gasteiger partial charge in [0.25, 0.3) is 17.6 Å². The van der Waals surface area contributed by atoms with E-state index >= 15 is 0 Å². The van der Waals surface area contributed by atoms with Crippen molar-refractivity contribution >= 4 is 11.7 Å². The number of nitrogens with zero attached hydrogens (tertiary/aromatic N) is 7. The maximum absolute atomic E-state index is 14.3. The topological polar surface area (TPSA) is 98.4 Å². The van der Waals surface area contributed by atoms with Crippen LogP contribution in [0.15, 0.2) is 12.4 Å². The molecule has 3 aromatic rings. The summed E-state index contributed by atoms with van der Waals surface area (Å²) in [5.41, 5.74) is 1.97. The third-order valence-corrected chi connectivity index (χ3v) is 4.68. The van der Waals surface area contributed by atoms with E-state index in [4.69, 9.17) is 4.74 Å². The first kappa shape index (κ1) is 18.2. The van der Waals surface area contributed by atoms with Crippen molar-refractivity contribution in [1.29, 1.82) is 0 Å². The first-order valence-electron chi connectivity index (χ1n) is 9.12. The van der Waals surface area contributed by atoms with Crippen LogP contribution in [0.4, 0.5) is 4.39 Å². The van der Waals surface area contributed by atoms with Crippen LogP contribution in [0.1, 0.15) is 41.0 Å². The number of hydrogen-bond donors (Lipinski definition) is 0. The average Bonchev–Trinajstić information content (AvgIpc) is 3.30. The first-order chi connectivity index (χ1) is 13.5. The minimum atomic E-state index is -0.547. The van der Waals surface area contributed by atoms with Crippen LogP contribution in [0.2, 0.25) is 0 Å². The maximum atomic E-state index is 14.3. The molecule has 4 rings (SSSR count). The Morgan fingerprint density at radius 3 is 2.93 bits per heavy atom. The first-order valence-corrected chi connectivity index (χ1v) is 9.12. The summed E-state index contributed by atoms with van der Waals surface area (Å²) in [5, 5.41) is 4.27. The maximum Gasteiger partial charge on any atom is 0.293 e. The van der Waals surface area contributed by atoms with Crippen molar-refractivity contribution in [1.82, 2.24) is 34.4 Å². The summed E-state index contributed by atoms with van der Waals surface area (Å²) >= 11 is 0. The van der Waals surface area contributed by atoms with Gasteiger partial charge in [-0.05, 0) is 26.3 Å². The summed E-state index contributed by atoms with van der Waals surface area (Å²) in [6.45, 7) is 6.33. The Bertz CT molecular complexity index is 1050. The number of rotatable bonds is 4. The van der Waals surface area contributed by atoms with Gasteiger partial charge in [0.05, 0.1) is 12.2 Å². The Morgan fingerprint density at radius 2 is 2.14 bits per heavy atom. The molecule has 0 aromatic carbocycles. The van der Waals surface area contributed by atoms with Gasteiger partial charge in [0.2, 0.25) is 11.6 Å². The van der Waals surface area contributed by atoms with Crippen molar-refractivity contribution in [2.45, 2.75) is 39.7 Å².